The lowest BCUT2D eigenvalue weighted by Crippen LogP contribution is -2.44. The van der Waals surface area contributed by atoms with Gasteiger partial charge in [0.15, 0.2) is 0 Å². The minimum atomic E-state index is -4.28. The maximum atomic E-state index is 12.8. The molecule has 1 heterocycles. The molecule has 0 radical (unpaired) electrons. The lowest BCUT2D eigenvalue weighted by Gasteiger charge is -2.31. The van der Waals surface area contributed by atoms with Gasteiger partial charge >= 0.3 is 18.1 Å². The summed E-state index contributed by atoms with van der Waals surface area (Å²) in [6.45, 7) is 4.19. The monoisotopic (exact) mass is 412 g/mol. The van der Waals surface area contributed by atoms with E-state index in [1.54, 1.807) is 11.0 Å². The summed E-state index contributed by atoms with van der Waals surface area (Å²) in [4.78, 5) is 23.1. The molecule has 1 aliphatic heterocycles. The van der Waals surface area contributed by atoms with Gasteiger partial charge in [-0.2, -0.15) is 13.2 Å². The summed E-state index contributed by atoms with van der Waals surface area (Å²) in [7, 11) is 0. The number of anilines is 1. The maximum absolute atomic E-state index is 12.8. The smallest absolute Gasteiger partial charge is 0.418 e. The maximum Gasteiger partial charge on any atom is 0.418 e. The molecule has 3 rings (SSSR count). The fourth-order valence-electron chi connectivity index (χ4n) is 3.08. The Labute approximate surface area is 166 Å². The summed E-state index contributed by atoms with van der Waals surface area (Å²) in [5.41, 5.74) is -1.21. The topological polar surface area (TPSA) is 89.9 Å². The van der Waals surface area contributed by atoms with Crippen LogP contribution in [0.15, 0.2) is 48.1 Å². The van der Waals surface area contributed by atoms with Crippen LogP contribution in [-0.4, -0.2) is 48.3 Å². The van der Waals surface area contributed by atoms with Crippen molar-refractivity contribution in [2.75, 3.05) is 31.1 Å². The highest BCUT2D eigenvalue weighted by molar-refractivity contribution is 5.90. The summed E-state index contributed by atoms with van der Waals surface area (Å²) < 4.78 is 38.3. The van der Waals surface area contributed by atoms with Crippen molar-refractivity contribution in [1.29, 1.82) is 0 Å². The zero-order valence-electron chi connectivity index (χ0n) is 15.9. The third kappa shape index (κ3) is 5.83. The lowest BCUT2D eigenvalue weighted by molar-refractivity contribution is -0.145. The van der Waals surface area contributed by atoms with Gasteiger partial charge in [-0.15, -0.1) is 0 Å². The molecule has 1 fully saturated rings. The van der Waals surface area contributed by atoms with Crippen molar-refractivity contribution in [3.63, 3.8) is 0 Å². The number of alkyl halides is 3. The highest BCUT2D eigenvalue weighted by Crippen LogP contribution is 2.36. The van der Waals surface area contributed by atoms with Gasteiger partial charge in [-0.3, -0.25) is 4.79 Å². The lowest BCUT2D eigenvalue weighted by atomic mass is 9.80. The molecule has 3 N–H and O–H groups in total. The fraction of sp³-hybridized carbons (Fsp3) is 0.400. The second kappa shape index (κ2) is 9.13. The minimum Gasteiger partial charge on any atom is -0.481 e. The van der Waals surface area contributed by atoms with E-state index < -0.39 is 29.1 Å². The number of aliphatic carboxylic acids is 2. The molecule has 6 nitrogen and oxygen atoms in total. The van der Waals surface area contributed by atoms with E-state index in [1.807, 2.05) is 0 Å². The molecule has 0 aromatic heterocycles. The average Bonchev–Trinajstić information content (AvgIpc) is 2.68. The largest absolute Gasteiger partial charge is 0.481 e. The van der Waals surface area contributed by atoms with Gasteiger partial charge in [0.1, 0.15) is 0 Å². The van der Waals surface area contributed by atoms with E-state index in [-0.39, 0.29) is 17.7 Å². The van der Waals surface area contributed by atoms with Crippen LogP contribution in [0.3, 0.4) is 0 Å². The van der Waals surface area contributed by atoms with Crippen LogP contribution in [0.1, 0.15) is 18.9 Å². The number of carbonyl (C=O) groups is 2. The Balaban J connectivity index is 0.000000212. The second-order valence-corrected chi connectivity index (χ2v) is 7.01. The number of allylic oxidation sites excluding steroid dienone is 2. The highest BCUT2D eigenvalue weighted by atomic mass is 19.4. The number of carboxylic acid groups (broad SMARTS) is 2. The van der Waals surface area contributed by atoms with Crippen LogP contribution in [0, 0.1) is 5.41 Å². The number of benzene rings is 1. The summed E-state index contributed by atoms with van der Waals surface area (Å²) in [6, 6.07) is 5.74. The number of halogens is 3. The van der Waals surface area contributed by atoms with Crippen LogP contribution in [0.4, 0.5) is 18.9 Å². The van der Waals surface area contributed by atoms with E-state index in [2.05, 4.69) is 5.32 Å². The molecule has 0 spiro atoms. The number of para-hydroxylation sites is 1. The molecule has 0 saturated carbocycles. The molecular weight excluding hydrogens is 389 g/mol. The van der Waals surface area contributed by atoms with E-state index >= 15 is 0 Å². The van der Waals surface area contributed by atoms with E-state index in [0.717, 1.165) is 19.2 Å². The summed E-state index contributed by atoms with van der Waals surface area (Å²) >= 11 is 0. The molecule has 9 heteroatoms. The molecule has 29 heavy (non-hydrogen) atoms. The number of piperazine rings is 1. The molecule has 158 valence electrons. The van der Waals surface area contributed by atoms with Crippen molar-refractivity contribution in [3.05, 3.63) is 53.6 Å². The van der Waals surface area contributed by atoms with Crippen LogP contribution < -0.4 is 10.2 Å². The Morgan fingerprint density at radius 3 is 2.31 bits per heavy atom. The van der Waals surface area contributed by atoms with Gasteiger partial charge < -0.3 is 20.4 Å². The van der Waals surface area contributed by atoms with Gasteiger partial charge in [0.05, 0.1) is 11.0 Å². The van der Waals surface area contributed by atoms with Crippen molar-refractivity contribution in [1.82, 2.24) is 5.32 Å². The molecule has 1 atom stereocenters. The van der Waals surface area contributed by atoms with Crippen molar-refractivity contribution >= 4 is 17.6 Å². The van der Waals surface area contributed by atoms with Gasteiger partial charge in [-0.05, 0) is 25.5 Å². The van der Waals surface area contributed by atoms with Crippen molar-refractivity contribution in [2.45, 2.75) is 19.5 Å². The summed E-state index contributed by atoms with van der Waals surface area (Å²) in [5, 5.41) is 20.6. The average molecular weight is 412 g/mol. The molecule has 0 amide bonds. The van der Waals surface area contributed by atoms with Crippen LogP contribution in [0.25, 0.3) is 0 Å². The normalized spacial score (nSPS) is 21.7. The molecule has 0 bridgehead atoms. The number of hydrogen-bond donors (Lipinski definition) is 3. The molecule has 1 aromatic carbocycles. The van der Waals surface area contributed by atoms with Gasteiger partial charge in [0, 0.05) is 37.4 Å². The first kappa shape index (κ1) is 22.5. The molecule has 1 saturated heterocycles. The Kier molecular flexibility index (Phi) is 7.07. The number of hydrogen-bond acceptors (Lipinski definition) is 4. The van der Waals surface area contributed by atoms with Gasteiger partial charge in [-0.25, -0.2) is 4.79 Å². The van der Waals surface area contributed by atoms with E-state index in [9.17, 15) is 22.8 Å². The van der Waals surface area contributed by atoms with E-state index in [0.29, 0.717) is 13.1 Å². The van der Waals surface area contributed by atoms with Crippen LogP contribution >= 0.6 is 0 Å². The Bertz CT molecular complexity index is 814. The SMILES string of the molecule is C[C@]1(C(=O)O)C=CC=C(C(=O)O)C1.FC(F)(F)c1ccccc1N1CCNCC1. The molecule has 1 aromatic rings. The van der Waals surface area contributed by atoms with Crippen molar-refractivity contribution < 1.29 is 33.0 Å². The predicted molar refractivity (Wildman–Crippen MR) is 102 cm³/mol. The summed E-state index contributed by atoms with van der Waals surface area (Å²) in [5.74, 6) is -2.06. The second-order valence-electron chi connectivity index (χ2n) is 7.01. The molecule has 2 aliphatic rings. The van der Waals surface area contributed by atoms with Crippen LogP contribution in [0.2, 0.25) is 0 Å². The molecule has 1 aliphatic carbocycles. The number of rotatable bonds is 3. The van der Waals surface area contributed by atoms with E-state index in [1.165, 1.54) is 37.3 Å². The standard InChI is InChI=1S/C11H13F3N2.C9H10O4/c12-11(13,14)9-3-1-2-4-10(9)16-7-5-15-6-8-16;1-9(8(12)13)4-2-3-6(5-9)7(10)11/h1-4,15H,5-8H2;2-4H,5H2,1H3,(H,10,11)(H,12,13)/t;9-/m.0/s1. The zero-order chi connectivity index (χ0) is 21.7. The first-order valence-corrected chi connectivity index (χ1v) is 9.01. The van der Waals surface area contributed by atoms with E-state index in [4.69, 9.17) is 10.2 Å². The number of nitrogens with one attached hydrogen (secondary N) is 1. The van der Waals surface area contributed by atoms with Gasteiger partial charge in [-0.1, -0.05) is 30.4 Å². The Morgan fingerprint density at radius 1 is 1.14 bits per heavy atom. The third-order valence-electron chi connectivity index (χ3n) is 4.75. The summed E-state index contributed by atoms with van der Waals surface area (Å²) in [6.07, 6.45) is 0.158. The zero-order valence-corrected chi connectivity index (χ0v) is 15.9. The fourth-order valence-corrected chi connectivity index (χ4v) is 3.08. The van der Waals surface area contributed by atoms with Crippen molar-refractivity contribution in [2.24, 2.45) is 5.41 Å². The quantitative estimate of drug-likeness (QED) is 0.707. The number of nitrogens with zero attached hydrogens (tertiary/aromatic N) is 1. The van der Waals surface area contributed by atoms with Gasteiger partial charge in [0.25, 0.3) is 0 Å². The van der Waals surface area contributed by atoms with Crippen LogP contribution in [-0.2, 0) is 15.8 Å². The Morgan fingerprint density at radius 2 is 1.76 bits per heavy atom. The predicted octanol–water partition coefficient (Wildman–Crippen LogP) is 3.16. The number of carboxylic acids is 2. The molecule has 0 unspecified atom stereocenters. The van der Waals surface area contributed by atoms with Crippen molar-refractivity contribution in [3.8, 4) is 0 Å². The van der Waals surface area contributed by atoms with Crippen LogP contribution in [0.5, 0.6) is 0 Å². The first-order valence-electron chi connectivity index (χ1n) is 9.01. The van der Waals surface area contributed by atoms with Gasteiger partial charge in [0.2, 0.25) is 0 Å². The molecular formula is C20H23F3N2O4. The Hall–Kier alpha value is -2.81. The highest BCUT2D eigenvalue weighted by Gasteiger charge is 2.35. The first-order chi connectivity index (χ1) is 13.5. The third-order valence-corrected chi connectivity index (χ3v) is 4.75. The minimum absolute atomic E-state index is 0.0359.